The molecule has 1 aromatic heterocycles. The third kappa shape index (κ3) is 1.79. The molecule has 102 valence electrons. The summed E-state index contributed by atoms with van der Waals surface area (Å²) in [6.07, 6.45) is 0.847. The Morgan fingerprint density at radius 3 is 2.45 bits per heavy atom. The SMILES string of the molecule is O=c1[nH]c(O)cn1S(=O)(=O)c1cccc2ccccc12. The van der Waals surface area contributed by atoms with Crippen LogP contribution in [-0.4, -0.2) is 22.5 Å². The zero-order chi connectivity index (χ0) is 14.3. The van der Waals surface area contributed by atoms with E-state index >= 15 is 0 Å². The van der Waals surface area contributed by atoms with Crippen molar-refractivity contribution in [2.45, 2.75) is 4.90 Å². The van der Waals surface area contributed by atoms with Crippen LogP contribution < -0.4 is 5.69 Å². The number of hydrogen-bond acceptors (Lipinski definition) is 4. The maximum atomic E-state index is 12.5. The Kier molecular flexibility index (Phi) is 2.65. The first-order chi connectivity index (χ1) is 9.50. The molecule has 0 aliphatic heterocycles. The molecule has 1 heterocycles. The van der Waals surface area contributed by atoms with E-state index in [9.17, 15) is 18.3 Å². The molecular weight excluding hydrogens is 280 g/mol. The number of aromatic hydroxyl groups is 1. The van der Waals surface area contributed by atoms with Gasteiger partial charge in [0.05, 0.1) is 11.1 Å². The average molecular weight is 290 g/mol. The van der Waals surface area contributed by atoms with Gasteiger partial charge in [-0.1, -0.05) is 36.4 Å². The van der Waals surface area contributed by atoms with E-state index in [4.69, 9.17) is 0 Å². The van der Waals surface area contributed by atoms with Crippen molar-refractivity contribution in [3.63, 3.8) is 0 Å². The van der Waals surface area contributed by atoms with Gasteiger partial charge in [0.1, 0.15) is 0 Å². The number of nitrogens with zero attached hydrogens (tertiary/aromatic N) is 1. The van der Waals surface area contributed by atoms with Crippen molar-refractivity contribution in [1.29, 1.82) is 0 Å². The van der Waals surface area contributed by atoms with Crippen molar-refractivity contribution in [3.8, 4) is 5.88 Å². The van der Waals surface area contributed by atoms with Gasteiger partial charge in [0.15, 0.2) is 0 Å². The highest BCUT2D eigenvalue weighted by atomic mass is 32.2. The Labute approximate surface area is 114 Å². The number of H-pyrrole nitrogens is 1. The molecule has 20 heavy (non-hydrogen) atoms. The lowest BCUT2D eigenvalue weighted by molar-refractivity contribution is 0.455. The Bertz CT molecular complexity index is 948. The van der Waals surface area contributed by atoms with Crippen molar-refractivity contribution in [3.05, 3.63) is 59.1 Å². The van der Waals surface area contributed by atoms with Gasteiger partial charge < -0.3 is 5.11 Å². The number of nitrogens with one attached hydrogen (secondary N) is 1. The van der Waals surface area contributed by atoms with Crippen molar-refractivity contribution in [1.82, 2.24) is 8.96 Å². The fraction of sp³-hybridized carbons (Fsp3) is 0. The van der Waals surface area contributed by atoms with E-state index in [1.54, 1.807) is 36.4 Å². The molecule has 0 fully saturated rings. The van der Waals surface area contributed by atoms with Crippen LogP contribution in [0.3, 0.4) is 0 Å². The monoisotopic (exact) mass is 290 g/mol. The van der Waals surface area contributed by atoms with E-state index in [-0.39, 0.29) is 4.90 Å². The van der Waals surface area contributed by atoms with Crippen LogP contribution in [0.4, 0.5) is 0 Å². The van der Waals surface area contributed by atoms with Crippen LogP contribution in [-0.2, 0) is 10.0 Å². The van der Waals surface area contributed by atoms with E-state index in [2.05, 4.69) is 0 Å². The van der Waals surface area contributed by atoms with Crippen molar-refractivity contribution in [2.75, 3.05) is 0 Å². The second-order valence-corrected chi connectivity index (χ2v) is 6.01. The van der Waals surface area contributed by atoms with Crippen molar-refractivity contribution >= 4 is 20.8 Å². The predicted molar refractivity (Wildman–Crippen MR) is 73.2 cm³/mol. The van der Waals surface area contributed by atoms with Gasteiger partial charge in [-0.15, -0.1) is 0 Å². The van der Waals surface area contributed by atoms with Gasteiger partial charge in [-0.05, 0) is 11.5 Å². The van der Waals surface area contributed by atoms with Crippen molar-refractivity contribution < 1.29 is 13.5 Å². The lowest BCUT2D eigenvalue weighted by Crippen LogP contribution is -2.24. The van der Waals surface area contributed by atoms with Crippen LogP contribution in [0.15, 0.2) is 58.4 Å². The summed E-state index contributed by atoms with van der Waals surface area (Å²) in [5, 5.41) is 10.5. The Hall–Kier alpha value is -2.54. The molecule has 0 saturated carbocycles. The Morgan fingerprint density at radius 2 is 1.75 bits per heavy atom. The lowest BCUT2D eigenvalue weighted by atomic mass is 10.1. The molecule has 3 aromatic rings. The number of imidazole rings is 1. The smallest absolute Gasteiger partial charge is 0.342 e. The standard InChI is InChI=1S/C13H10N2O4S/c16-12-8-15(13(17)14-12)20(18,19)11-7-3-5-9-4-1-2-6-10(9)11/h1-8,16H,(H,14,17). The highest BCUT2D eigenvalue weighted by Crippen LogP contribution is 2.24. The first kappa shape index (κ1) is 12.5. The summed E-state index contributed by atoms with van der Waals surface area (Å²) in [6, 6.07) is 11.8. The van der Waals surface area contributed by atoms with Gasteiger partial charge in [-0.3, -0.25) is 4.98 Å². The fourth-order valence-electron chi connectivity index (χ4n) is 2.07. The minimum Gasteiger partial charge on any atom is -0.493 e. The van der Waals surface area contributed by atoms with Gasteiger partial charge in [-0.2, -0.15) is 3.97 Å². The average Bonchev–Trinajstić information content (AvgIpc) is 2.78. The molecule has 7 heteroatoms. The topological polar surface area (TPSA) is 92.2 Å². The first-order valence-electron chi connectivity index (χ1n) is 5.74. The molecule has 0 aliphatic carbocycles. The third-order valence-corrected chi connectivity index (χ3v) is 4.66. The Balaban J connectivity index is 2.35. The number of benzene rings is 2. The molecule has 0 saturated heterocycles. The van der Waals surface area contributed by atoms with Gasteiger partial charge in [0.2, 0.25) is 5.88 Å². The van der Waals surface area contributed by atoms with Crippen LogP contribution in [0.1, 0.15) is 0 Å². The number of rotatable bonds is 2. The number of aromatic nitrogens is 2. The van der Waals surface area contributed by atoms with Crippen LogP contribution in [0.2, 0.25) is 0 Å². The van der Waals surface area contributed by atoms with E-state index in [1.807, 2.05) is 4.98 Å². The van der Waals surface area contributed by atoms with Crippen LogP contribution in [0, 0.1) is 0 Å². The summed E-state index contributed by atoms with van der Waals surface area (Å²) < 4.78 is 25.5. The molecule has 0 bridgehead atoms. The zero-order valence-corrected chi connectivity index (χ0v) is 11.0. The lowest BCUT2D eigenvalue weighted by Gasteiger charge is -2.07. The second kappa shape index (κ2) is 4.24. The maximum absolute atomic E-state index is 12.5. The summed E-state index contributed by atoms with van der Waals surface area (Å²) in [4.78, 5) is 13.6. The largest absolute Gasteiger partial charge is 0.493 e. The van der Waals surface area contributed by atoms with Gasteiger partial charge in [-0.25, -0.2) is 13.2 Å². The number of aromatic amines is 1. The van der Waals surface area contributed by atoms with E-state index in [0.717, 1.165) is 11.6 Å². The summed E-state index contributed by atoms with van der Waals surface area (Å²) >= 11 is 0. The molecule has 0 unspecified atom stereocenters. The van der Waals surface area contributed by atoms with Gasteiger partial charge >= 0.3 is 5.69 Å². The van der Waals surface area contributed by atoms with Gasteiger partial charge in [0, 0.05) is 5.39 Å². The summed E-state index contributed by atoms with van der Waals surface area (Å²) in [7, 11) is -4.06. The zero-order valence-electron chi connectivity index (χ0n) is 10.1. The predicted octanol–water partition coefficient (Wildman–Crippen LogP) is 1.27. The Morgan fingerprint density at radius 1 is 1.05 bits per heavy atom. The van der Waals surface area contributed by atoms with Gasteiger partial charge in [0.25, 0.3) is 10.0 Å². The molecule has 2 aromatic carbocycles. The third-order valence-electron chi connectivity index (χ3n) is 2.96. The minimum absolute atomic E-state index is 0.0108. The molecule has 6 nitrogen and oxygen atoms in total. The summed E-state index contributed by atoms with van der Waals surface area (Å²) in [6.45, 7) is 0. The molecule has 2 N–H and O–H groups in total. The van der Waals surface area contributed by atoms with E-state index in [0.29, 0.717) is 9.36 Å². The molecule has 0 aliphatic rings. The molecular formula is C13H10N2O4S. The highest BCUT2D eigenvalue weighted by Gasteiger charge is 2.22. The van der Waals surface area contributed by atoms with Crippen LogP contribution >= 0.6 is 0 Å². The minimum atomic E-state index is -4.06. The number of hydrogen-bond donors (Lipinski definition) is 2. The quantitative estimate of drug-likeness (QED) is 0.743. The molecule has 3 rings (SSSR count). The summed E-state index contributed by atoms with van der Waals surface area (Å²) in [5.41, 5.74) is -0.907. The fourth-order valence-corrected chi connectivity index (χ4v) is 3.50. The molecule has 0 radical (unpaired) electrons. The van der Waals surface area contributed by atoms with E-state index < -0.39 is 21.6 Å². The van der Waals surface area contributed by atoms with Crippen LogP contribution in [0.5, 0.6) is 5.88 Å². The second-order valence-electron chi connectivity index (χ2n) is 4.22. The maximum Gasteiger partial charge on any atom is 0.342 e. The number of fused-ring (bicyclic) bond motifs is 1. The first-order valence-corrected chi connectivity index (χ1v) is 7.18. The highest BCUT2D eigenvalue weighted by molar-refractivity contribution is 7.90. The normalized spacial score (nSPS) is 11.8. The van der Waals surface area contributed by atoms with E-state index in [1.165, 1.54) is 6.07 Å². The summed E-state index contributed by atoms with van der Waals surface area (Å²) in [5.74, 6) is -0.501. The molecule has 0 amide bonds. The van der Waals surface area contributed by atoms with Crippen molar-refractivity contribution in [2.24, 2.45) is 0 Å². The van der Waals surface area contributed by atoms with Crippen LogP contribution in [0.25, 0.3) is 10.8 Å². The molecule has 0 spiro atoms. The molecule has 0 atom stereocenters.